The Bertz CT molecular complexity index is 314. The first-order valence-corrected chi connectivity index (χ1v) is 4.32. The van der Waals surface area contributed by atoms with Crippen LogP contribution < -0.4 is 0 Å². The summed E-state index contributed by atoms with van der Waals surface area (Å²) in [5, 5.41) is 7.05. The molecule has 0 bridgehead atoms. The van der Waals surface area contributed by atoms with E-state index in [0.717, 1.165) is 30.7 Å². The summed E-state index contributed by atoms with van der Waals surface area (Å²) in [4.78, 5) is 11.2. The van der Waals surface area contributed by atoms with E-state index in [1.807, 2.05) is 6.92 Å². The van der Waals surface area contributed by atoms with Gasteiger partial charge in [0.25, 0.3) is 0 Å². The fourth-order valence-electron chi connectivity index (χ4n) is 1.72. The number of nitrogens with zero attached hydrogens (tertiary/aromatic N) is 1. The summed E-state index contributed by atoms with van der Waals surface area (Å²) in [5.74, 6) is 0.320. The van der Waals surface area contributed by atoms with Crippen molar-refractivity contribution in [2.75, 3.05) is 0 Å². The van der Waals surface area contributed by atoms with Crippen LogP contribution in [0.4, 0.5) is 0 Å². The van der Waals surface area contributed by atoms with E-state index in [1.54, 1.807) is 0 Å². The molecule has 0 fully saturated rings. The van der Waals surface area contributed by atoms with Gasteiger partial charge in [-0.1, -0.05) is 0 Å². The van der Waals surface area contributed by atoms with Crippen LogP contribution in [0.1, 0.15) is 29.8 Å². The number of ketones is 1. The maximum Gasteiger partial charge on any atom is 0.138 e. The summed E-state index contributed by atoms with van der Waals surface area (Å²) >= 11 is 0. The van der Waals surface area contributed by atoms with Crippen LogP contribution in [0.3, 0.4) is 0 Å². The molecule has 1 N–H and O–H groups in total. The highest BCUT2D eigenvalue weighted by molar-refractivity contribution is 5.81. The van der Waals surface area contributed by atoms with Gasteiger partial charge in [-0.15, -0.1) is 0 Å². The van der Waals surface area contributed by atoms with E-state index < -0.39 is 0 Å². The highest BCUT2D eigenvalue weighted by atomic mass is 16.1. The molecule has 1 aliphatic carbocycles. The van der Waals surface area contributed by atoms with Crippen molar-refractivity contribution in [1.82, 2.24) is 10.2 Å². The molecule has 0 amide bonds. The van der Waals surface area contributed by atoms with Crippen LogP contribution in [0, 0.1) is 6.92 Å². The summed E-state index contributed by atoms with van der Waals surface area (Å²) in [6.45, 7) is 2.02. The van der Waals surface area contributed by atoms with Gasteiger partial charge in [0.15, 0.2) is 0 Å². The average Bonchev–Trinajstić information content (AvgIpc) is 2.31. The van der Waals surface area contributed by atoms with E-state index in [0.29, 0.717) is 12.2 Å². The lowest BCUT2D eigenvalue weighted by Gasteiger charge is -1.94. The summed E-state index contributed by atoms with van der Waals surface area (Å²) in [6, 6.07) is 0. The van der Waals surface area contributed by atoms with Crippen LogP contribution in [-0.4, -0.2) is 16.0 Å². The van der Waals surface area contributed by atoms with Gasteiger partial charge in [-0.05, 0) is 25.3 Å². The number of carbonyl (C=O) groups excluding carboxylic acids is 1. The normalized spacial score (nSPS) is 17.2. The number of aromatic nitrogens is 2. The van der Waals surface area contributed by atoms with Crippen molar-refractivity contribution in [3.8, 4) is 0 Å². The minimum Gasteiger partial charge on any atom is -0.299 e. The third kappa shape index (κ3) is 1.15. The average molecular weight is 164 g/mol. The number of hydrogen-bond donors (Lipinski definition) is 1. The molecule has 64 valence electrons. The first kappa shape index (κ1) is 7.53. The van der Waals surface area contributed by atoms with Gasteiger partial charge in [0.2, 0.25) is 0 Å². The molecule has 0 saturated heterocycles. The van der Waals surface area contributed by atoms with Gasteiger partial charge in [-0.2, -0.15) is 5.10 Å². The quantitative estimate of drug-likeness (QED) is 0.585. The predicted octanol–water partition coefficient (Wildman–Crippen LogP) is 1.17. The van der Waals surface area contributed by atoms with Crippen molar-refractivity contribution >= 4 is 5.78 Å². The molecule has 0 saturated carbocycles. The van der Waals surface area contributed by atoms with Crippen molar-refractivity contribution in [2.24, 2.45) is 0 Å². The Morgan fingerprint density at radius 2 is 2.25 bits per heavy atom. The molecule has 3 heteroatoms. The fraction of sp³-hybridized carbons (Fsp3) is 0.556. The highest BCUT2D eigenvalue weighted by Crippen LogP contribution is 2.18. The van der Waals surface area contributed by atoms with E-state index in [2.05, 4.69) is 10.2 Å². The lowest BCUT2D eigenvalue weighted by atomic mass is 10.1. The van der Waals surface area contributed by atoms with Crippen LogP contribution in [0.15, 0.2) is 0 Å². The number of hydrogen-bond acceptors (Lipinski definition) is 2. The van der Waals surface area contributed by atoms with Crippen molar-refractivity contribution < 1.29 is 4.79 Å². The number of H-pyrrole nitrogens is 1. The summed E-state index contributed by atoms with van der Waals surface area (Å²) in [6.07, 6.45) is 3.23. The zero-order chi connectivity index (χ0) is 8.55. The van der Waals surface area contributed by atoms with Crippen LogP contribution in [0.25, 0.3) is 0 Å². The molecule has 1 heterocycles. The second-order valence-electron chi connectivity index (χ2n) is 3.34. The molecule has 0 aromatic carbocycles. The van der Waals surface area contributed by atoms with Crippen molar-refractivity contribution in [2.45, 2.75) is 32.6 Å². The second kappa shape index (κ2) is 2.73. The minimum atomic E-state index is 0.320. The molecule has 1 aromatic heterocycles. The summed E-state index contributed by atoms with van der Waals surface area (Å²) < 4.78 is 0. The van der Waals surface area contributed by atoms with Crippen molar-refractivity contribution in [1.29, 1.82) is 0 Å². The second-order valence-corrected chi connectivity index (χ2v) is 3.34. The predicted molar refractivity (Wildman–Crippen MR) is 45.0 cm³/mol. The molecule has 0 spiro atoms. The fourth-order valence-corrected chi connectivity index (χ4v) is 1.72. The van der Waals surface area contributed by atoms with Gasteiger partial charge < -0.3 is 0 Å². The van der Waals surface area contributed by atoms with E-state index in [-0.39, 0.29) is 0 Å². The van der Waals surface area contributed by atoms with E-state index in [9.17, 15) is 4.79 Å². The Labute approximate surface area is 71.2 Å². The Morgan fingerprint density at radius 1 is 1.42 bits per heavy atom. The number of Topliss-reactive ketones (excluding diaryl/α,β-unsaturated/α-hetero) is 1. The van der Waals surface area contributed by atoms with Gasteiger partial charge >= 0.3 is 0 Å². The molecular formula is C9H12N2O. The lowest BCUT2D eigenvalue weighted by molar-refractivity contribution is -0.118. The van der Waals surface area contributed by atoms with Gasteiger partial charge in [0, 0.05) is 12.1 Å². The topological polar surface area (TPSA) is 45.8 Å². The minimum absolute atomic E-state index is 0.320. The van der Waals surface area contributed by atoms with Crippen LogP contribution >= 0.6 is 0 Å². The molecule has 3 nitrogen and oxygen atoms in total. The highest BCUT2D eigenvalue weighted by Gasteiger charge is 2.17. The number of aryl methyl sites for hydroxylation is 1. The zero-order valence-corrected chi connectivity index (χ0v) is 7.18. The Kier molecular flexibility index (Phi) is 1.71. The smallest absolute Gasteiger partial charge is 0.138 e. The van der Waals surface area contributed by atoms with Crippen molar-refractivity contribution in [3.63, 3.8) is 0 Å². The Balaban J connectivity index is 2.39. The van der Waals surface area contributed by atoms with Crippen LogP contribution in [0.5, 0.6) is 0 Å². The molecule has 0 aliphatic heterocycles. The summed E-state index contributed by atoms with van der Waals surface area (Å²) in [7, 11) is 0. The zero-order valence-electron chi connectivity index (χ0n) is 7.18. The summed E-state index contributed by atoms with van der Waals surface area (Å²) in [5.41, 5.74) is 3.36. The van der Waals surface area contributed by atoms with Gasteiger partial charge in [-0.3, -0.25) is 9.89 Å². The van der Waals surface area contributed by atoms with E-state index >= 15 is 0 Å². The molecule has 1 aromatic rings. The molecule has 1 aliphatic rings. The maximum atomic E-state index is 11.2. The molecule has 0 atom stereocenters. The standard InChI is InChI=1S/C9H12N2O/c1-6-8-4-2-3-7(12)5-9(8)11-10-6/h2-5H2,1H3,(H,10,11). The number of carbonyl (C=O) groups is 1. The molecule has 0 unspecified atom stereocenters. The first-order valence-electron chi connectivity index (χ1n) is 4.32. The van der Waals surface area contributed by atoms with Gasteiger partial charge in [-0.25, -0.2) is 0 Å². The molecular weight excluding hydrogens is 152 g/mol. The van der Waals surface area contributed by atoms with Gasteiger partial charge in [0.05, 0.1) is 12.1 Å². The number of fused-ring (bicyclic) bond motifs is 1. The van der Waals surface area contributed by atoms with Crippen molar-refractivity contribution in [3.05, 3.63) is 17.0 Å². The Hall–Kier alpha value is -1.12. The first-order chi connectivity index (χ1) is 5.77. The molecule has 2 rings (SSSR count). The third-order valence-corrected chi connectivity index (χ3v) is 2.41. The lowest BCUT2D eigenvalue weighted by Crippen LogP contribution is -2.00. The SMILES string of the molecule is Cc1[nH]nc2c1CCCC(=O)C2. The number of aromatic amines is 1. The monoisotopic (exact) mass is 164 g/mol. The van der Waals surface area contributed by atoms with E-state index in [4.69, 9.17) is 0 Å². The van der Waals surface area contributed by atoms with Crippen LogP contribution in [-0.2, 0) is 17.6 Å². The van der Waals surface area contributed by atoms with E-state index in [1.165, 1.54) is 5.56 Å². The maximum absolute atomic E-state index is 11.2. The third-order valence-electron chi connectivity index (χ3n) is 2.41. The number of nitrogens with one attached hydrogen (secondary N) is 1. The number of rotatable bonds is 0. The van der Waals surface area contributed by atoms with Gasteiger partial charge in [0.1, 0.15) is 5.78 Å². The molecule has 12 heavy (non-hydrogen) atoms. The van der Waals surface area contributed by atoms with Crippen LogP contribution in [0.2, 0.25) is 0 Å². The largest absolute Gasteiger partial charge is 0.299 e. The molecule has 0 radical (unpaired) electrons. The Morgan fingerprint density at radius 3 is 3.08 bits per heavy atom.